The molecule has 2 heterocycles. The number of rotatable bonds is 6. The van der Waals surface area contributed by atoms with Crippen LogP contribution in [0.2, 0.25) is 0 Å². The highest BCUT2D eigenvalue weighted by Crippen LogP contribution is 2.16. The highest BCUT2D eigenvalue weighted by Gasteiger charge is 2.24. The third-order valence-electron chi connectivity index (χ3n) is 4.77. The minimum atomic E-state index is 0.210. The molecule has 1 atom stereocenters. The molecule has 128 valence electrons. The first-order valence-corrected chi connectivity index (χ1v) is 8.85. The standard InChI is InChI=1S/C19H25N3O2/c20-12-16-5-3-6-17(11-16)13-21(14-18-7-4-10-24-18)15-19(23)22-8-1-2-9-22/h3,5-6,11,18H,1-2,4,7-10,13-15H2. The quantitative estimate of drug-likeness (QED) is 0.803. The van der Waals surface area contributed by atoms with Crippen LogP contribution in [0.1, 0.15) is 36.8 Å². The highest BCUT2D eigenvalue weighted by atomic mass is 16.5. The molecular weight excluding hydrogens is 302 g/mol. The Hall–Kier alpha value is -1.90. The van der Waals surface area contributed by atoms with Gasteiger partial charge in [-0.2, -0.15) is 5.26 Å². The molecule has 5 nitrogen and oxygen atoms in total. The van der Waals surface area contributed by atoms with Gasteiger partial charge < -0.3 is 9.64 Å². The van der Waals surface area contributed by atoms with E-state index in [1.165, 1.54) is 0 Å². The third-order valence-corrected chi connectivity index (χ3v) is 4.77. The number of hydrogen-bond acceptors (Lipinski definition) is 4. The minimum absolute atomic E-state index is 0.210. The molecule has 2 saturated heterocycles. The van der Waals surface area contributed by atoms with Crippen molar-refractivity contribution in [1.29, 1.82) is 5.26 Å². The summed E-state index contributed by atoms with van der Waals surface area (Å²) in [6.07, 6.45) is 4.61. The van der Waals surface area contributed by atoms with E-state index >= 15 is 0 Å². The van der Waals surface area contributed by atoms with Crippen molar-refractivity contribution in [2.45, 2.75) is 38.3 Å². The number of likely N-dealkylation sites (tertiary alicyclic amines) is 1. The van der Waals surface area contributed by atoms with Gasteiger partial charge in [0, 0.05) is 32.8 Å². The SMILES string of the molecule is N#Cc1cccc(CN(CC(=O)N2CCCC2)CC2CCCO2)c1. The molecule has 1 aromatic rings. The van der Waals surface area contributed by atoms with Gasteiger partial charge in [-0.1, -0.05) is 12.1 Å². The van der Waals surface area contributed by atoms with Gasteiger partial charge in [0.05, 0.1) is 24.3 Å². The van der Waals surface area contributed by atoms with Gasteiger partial charge in [-0.05, 0) is 43.4 Å². The second-order valence-electron chi connectivity index (χ2n) is 6.70. The van der Waals surface area contributed by atoms with Crippen molar-refractivity contribution in [3.63, 3.8) is 0 Å². The number of carbonyl (C=O) groups is 1. The van der Waals surface area contributed by atoms with Crippen molar-refractivity contribution >= 4 is 5.91 Å². The van der Waals surface area contributed by atoms with E-state index in [4.69, 9.17) is 10.00 Å². The summed E-state index contributed by atoms with van der Waals surface area (Å²) in [6.45, 7) is 4.47. The molecule has 0 N–H and O–H groups in total. The van der Waals surface area contributed by atoms with E-state index in [0.29, 0.717) is 18.7 Å². The maximum atomic E-state index is 12.5. The normalized spacial score (nSPS) is 20.5. The van der Waals surface area contributed by atoms with Gasteiger partial charge in [0.1, 0.15) is 0 Å². The predicted octanol–water partition coefficient (Wildman–Crippen LogP) is 2.16. The van der Waals surface area contributed by atoms with Gasteiger partial charge >= 0.3 is 0 Å². The Morgan fingerprint density at radius 1 is 1.33 bits per heavy atom. The number of ether oxygens (including phenoxy) is 1. The maximum absolute atomic E-state index is 12.5. The van der Waals surface area contributed by atoms with Crippen molar-refractivity contribution in [3.8, 4) is 6.07 Å². The zero-order valence-corrected chi connectivity index (χ0v) is 14.1. The van der Waals surface area contributed by atoms with Crippen molar-refractivity contribution < 1.29 is 9.53 Å². The van der Waals surface area contributed by atoms with Crippen molar-refractivity contribution in [2.75, 3.05) is 32.8 Å². The van der Waals surface area contributed by atoms with Crippen LogP contribution in [0, 0.1) is 11.3 Å². The fourth-order valence-corrected chi connectivity index (χ4v) is 3.52. The van der Waals surface area contributed by atoms with Crippen LogP contribution in [0.4, 0.5) is 0 Å². The average Bonchev–Trinajstić information content (AvgIpc) is 3.28. The van der Waals surface area contributed by atoms with E-state index in [-0.39, 0.29) is 12.0 Å². The molecule has 0 spiro atoms. The summed E-state index contributed by atoms with van der Waals surface area (Å²) in [5, 5.41) is 9.07. The topological polar surface area (TPSA) is 56.6 Å². The van der Waals surface area contributed by atoms with Crippen molar-refractivity contribution in [2.24, 2.45) is 0 Å². The van der Waals surface area contributed by atoms with E-state index in [1.807, 2.05) is 29.2 Å². The first-order valence-electron chi connectivity index (χ1n) is 8.85. The van der Waals surface area contributed by atoms with Crippen LogP contribution in [0.3, 0.4) is 0 Å². The Morgan fingerprint density at radius 3 is 2.88 bits per heavy atom. The molecule has 0 bridgehead atoms. The molecule has 1 amide bonds. The van der Waals surface area contributed by atoms with E-state index in [0.717, 1.165) is 57.5 Å². The first-order chi connectivity index (χ1) is 11.7. The van der Waals surface area contributed by atoms with Gasteiger partial charge in [-0.25, -0.2) is 0 Å². The number of carbonyl (C=O) groups excluding carboxylic acids is 1. The lowest BCUT2D eigenvalue weighted by Gasteiger charge is -2.27. The Labute approximate surface area is 143 Å². The summed E-state index contributed by atoms with van der Waals surface area (Å²) in [4.78, 5) is 16.7. The molecule has 0 aliphatic carbocycles. The molecule has 1 aromatic carbocycles. The van der Waals surface area contributed by atoms with Gasteiger partial charge in [-0.3, -0.25) is 9.69 Å². The number of hydrogen-bond donors (Lipinski definition) is 0. The molecular formula is C19H25N3O2. The molecule has 1 unspecified atom stereocenters. The van der Waals surface area contributed by atoms with Gasteiger partial charge in [0.15, 0.2) is 0 Å². The molecule has 2 fully saturated rings. The van der Waals surface area contributed by atoms with Gasteiger partial charge in [0.25, 0.3) is 0 Å². The monoisotopic (exact) mass is 327 g/mol. The van der Waals surface area contributed by atoms with E-state index in [2.05, 4.69) is 11.0 Å². The maximum Gasteiger partial charge on any atom is 0.236 e. The fourth-order valence-electron chi connectivity index (χ4n) is 3.52. The molecule has 0 radical (unpaired) electrons. The Bertz CT molecular complexity index is 599. The molecule has 0 saturated carbocycles. The van der Waals surface area contributed by atoms with E-state index < -0.39 is 0 Å². The Morgan fingerprint density at radius 2 is 2.17 bits per heavy atom. The average molecular weight is 327 g/mol. The summed E-state index contributed by atoms with van der Waals surface area (Å²) < 4.78 is 5.75. The van der Waals surface area contributed by atoms with Crippen LogP contribution < -0.4 is 0 Å². The lowest BCUT2D eigenvalue weighted by molar-refractivity contribution is -0.131. The summed E-state index contributed by atoms with van der Waals surface area (Å²) in [7, 11) is 0. The fraction of sp³-hybridized carbons (Fsp3) is 0.579. The second kappa shape index (κ2) is 8.27. The number of nitrogens with zero attached hydrogens (tertiary/aromatic N) is 3. The lowest BCUT2D eigenvalue weighted by Crippen LogP contribution is -2.41. The number of benzene rings is 1. The molecule has 0 aromatic heterocycles. The zero-order chi connectivity index (χ0) is 16.8. The summed E-state index contributed by atoms with van der Waals surface area (Å²) >= 11 is 0. The third kappa shape index (κ3) is 4.56. The van der Waals surface area contributed by atoms with Crippen LogP contribution >= 0.6 is 0 Å². The highest BCUT2D eigenvalue weighted by molar-refractivity contribution is 5.78. The smallest absolute Gasteiger partial charge is 0.236 e. The zero-order valence-electron chi connectivity index (χ0n) is 14.1. The largest absolute Gasteiger partial charge is 0.377 e. The molecule has 2 aliphatic heterocycles. The number of nitriles is 1. The van der Waals surface area contributed by atoms with Crippen LogP contribution in [0.15, 0.2) is 24.3 Å². The minimum Gasteiger partial charge on any atom is -0.377 e. The summed E-state index contributed by atoms with van der Waals surface area (Å²) in [6, 6.07) is 9.82. The van der Waals surface area contributed by atoms with Crippen LogP contribution in [0.25, 0.3) is 0 Å². The summed E-state index contributed by atoms with van der Waals surface area (Å²) in [5.74, 6) is 0.210. The van der Waals surface area contributed by atoms with Gasteiger partial charge in [0.2, 0.25) is 5.91 Å². The van der Waals surface area contributed by atoms with Crippen molar-refractivity contribution in [3.05, 3.63) is 35.4 Å². The van der Waals surface area contributed by atoms with Crippen LogP contribution in [0.5, 0.6) is 0 Å². The van der Waals surface area contributed by atoms with Gasteiger partial charge in [-0.15, -0.1) is 0 Å². The van der Waals surface area contributed by atoms with E-state index in [9.17, 15) is 4.79 Å². The first kappa shape index (κ1) is 16.9. The molecule has 2 aliphatic rings. The molecule has 24 heavy (non-hydrogen) atoms. The van der Waals surface area contributed by atoms with E-state index in [1.54, 1.807) is 0 Å². The second-order valence-corrected chi connectivity index (χ2v) is 6.70. The number of amides is 1. The van der Waals surface area contributed by atoms with Crippen molar-refractivity contribution in [1.82, 2.24) is 9.80 Å². The molecule has 3 rings (SSSR count). The summed E-state index contributed by atoms with van der Waals surface area (Å²) in [5.41, 5.74) is 1.73. The van der Waals surface area contributed by atoms with Crippen LogP contribution in [-0.2, 0) is 16.1 Å². The molecule has 5 heteroatoms. The Kier molecular flexibility index (Phi) is 5.84. The Balaban J connectivity index is 1.65. The lowest BCUT2D eigenvalue weighted by atomic mass is 10.1. The predicted molar refractivity (Wildman–Crippen MR) is 91.2 cm³/mol. The van der Waals surface area contributed by atoms with Crippen LogP contribution in [-0.4, -0.2) is 54.6 Å².